The number of thiazole rings is 1. The molecule has 3 aromatic rings. The quantitative estimate of drug-likeness (QED) is 0.606. The van der Waals surface area contributed by atoms with Gasteiger partial charge in [0.2, 0.25) is 0 Å². The van der Waals surface area contributed by atoms with E-state index in [-0.39, 0.29) is 6.04 Å². The fourth-order valence-electron chi connectivity index (χ4n) is 2.89. The van der Waals surface area contributed by atoms with Crippen molar-refractivity contribution in [2.75, 3.05) is 0 Å². The summed E-state index contributed by atoms with van der Waals surface area (Å²) in [6.07, 6.45) is 2.81. The van der Waals surface area contributed by atoms with Crippen LogP contribution in [0.1, 0.15) is 27.7 Å². The van der Waals surface area contributed by atoms with Crippen molar-refractivity contribution in [3.05, 3.63) is 75.7 Å². The fourth-order valence-corrected chi connectivity index (χ4v) is 3.55. The molecule has 1 unspecified atom stereocenters. The number of hydrogen-bond donors (Lipinski definition) is 1. The van der Waals surface area contributed by atoms with E-state index in [1.807, 2.05) is 11.6 Å². The largest absolute Gasteiger partial charge is 0.318 e. The molecule has 0 amide bonds. The maximum Gasteiger partial charge on any atom is 0.114 e. The summed E-state index contributed by atoms with van der Waals surface area (Å²) in [5.41, 5.74) is 12.9. The fraction of sp³-hybridized carbons (Fsp3) is 0.118. The van der Waals surface area contributed by atoms with Crippen LogP contribution >= 0.6 is 11.3 Å². The van der Waals surface area contributed by atoms with Crippen molar-refractivity contribution in [1.29, 1.82) is 0 Å². The first kappa shape index (κ1) is 11.8. The van der Waals surface area contributed by atoms with Gasteiger partial charge in [0.25, 0.3) is 0 Å². The van der Waals surface area contributed by atoms with Gasteiger partial charge < -0.3 is 5.73 Å². The molecule has 1 heterocycles. The topological polar surface area (TPSA) is 38.9 Å². The number of aromatic nitrogens is 1. The van der Waals surface area contributed by atoms with Gasteiger partial charge in [-0.2, -0.15) is 0 Å². The normalized spacial score (nSPS) is 13.8. The van der Waals surface area contributed by atoms with E-state index in [1.54, 1.807) is 11.3 Å². The molecule has 1 aliphatic carbocycles. The summed E-state index contributed by atoms with van der Waals surface area (Å²) in [4.78, 5) is 4.32. The predicted octanol–water partition coefficient (Wildman–Crippen LogP) is 3.76. The number of nitrogens with zero attached hydrogens (tertiary/aromatic N) is 1. The maximum absolute atomic E-state index is 6.31. The zero-order valence-corrected chi connectivity index (χ0v) is 11.7. The summed E-state index contributed by atoms with van der Waals surface area (Å²) < 4.78 is 0. The van der Waals surface area contributed by atoms with Crippen molar-refractivity contribution < 1.29 is 0 Å². The molecular weight excluding hydrogens is 264 g/mol. The third-order valence-corrected chi connectivity index (χ3v) is 4.75. The van der Waals surface area contributed by atoms with Gasteiger partial charge in [-0.1, -0.05) is 42.5 Å². The lowest BCUT2D eigenvalue weighted by Crippen LogP contribution is -2.11. The molecule has 0 saturated carbocycles. The van der Waals surface area contributed by atoms with E-state index >= 15 is 0 Å². The highest BCUT2D eigenvalue weighted by atomic mass is 32.1. The van der Waals surface area contributed by atoms with E-state index in [1.165, 1.54) is 22.3 Å². The minimum Gasteiger partial charge on any atom is -0.318 e. The first-order valence-corrected chi connectivity index (χ1v) is 7.57. The number of benzene rings is 2. The van der Waals surface area contributed by atoms with Crippen LogP contribution < -0.4 is 5.73 Å². The molecule has 3 heteroatoms. The first-order chi connectivity index (χ1) is 9.83. The molecule has 0 spiro atoms. The molecule has 1 atom stereocenters. The summed E-state index contributed by atoms with van der Waals surface area (Å²) in [6, 6.07) is 15.1. The second kappa shape index (κ2) is 4.54. The van der Waals surface area contributed by atoms with Crippen LogP contribution in [0.4, 0.5) is 0 Å². The van der Waals surface area contributed by atoms with Crippen molar-refractivity contribution in [2.45, 2.75) is 12.5 Å². The Morgan fingerprint density at radius 2 is 1.90 bits per heavy atom. The van der Waals surface area contributed by atoms with Crippen LogP contribution in [0.3, 0.4) is 0 Å². The van der Waals surface area contributed by atoms with Crippen LogP contribution in [0.25, 0.3) is 11.1 Å². The second-order valence-corrected chi connectivity index (χ2v) is 6.02. The Balaban J connectivity index is 1.75. The summed E-state index contributed by atoms with van der Waals surface area (Å²) in [7, 11) is 0. The van der Waals surface area contributed by atoms with E-state index in [0.717, 1.165) is 17.0 Å². The highest BCUT2D eigenvalue weighted by molar-refractivity contribution is 7.09. The standard InChI is InChI=1S/C17H14N2S/c18-16(17-19-7-8-20-17)12-5-6-15-13(10-12)9-11-3-1-2-4-14(11)15/h1-8,10,16H,9,18H2. The van der Waals surface area contributed by atoms with E-state index < -0.39 is 0 Å². The van der Waals surface area contributed by atoms with E-state index in [9.17, 15) is 0 Å². The van der Waals surface area contributed by atoms with Gasteiger partial charge in [-0.15, -0.1) is 11.3 Å². The molecular formula is C17H14N2S. The molecule has 2 aromatic carbocycles. The van der Waals surface area contributed by atoms with Crippen LogP contribution in [0, 0.1) is 0 Å². The summed E-state index contributed by atoms with van der Waals surface area (Å²) in [5.74, 6) is 0. The van der Waals surface area contributed by atoms with Crippen molar-refractivity contribution in [2.24, 2.45) is 5.73 Å². The minimum absolute atomic E-state index is 0.121. The Hall–Kier alpha value is -1.97. The average Bonchev–Trinajstić information content (AvgIpc) is 3.13. The summed E-state index contributed by atoms with van der Waals surface area (Å²) >= 11 is 1.61. The Kier molecular flexibility index (Phi) is 2.69. The van der Waals surface area contributed by atoms with Gasteiger partial charge in [-0.05, 0) is 34.2 Å². The Morgan fingerprint density at radius 1 is 1.05 bits per heavy atom. The monoisotopic (exact) mass is 278 g/mol. The van der Waals surface area contributed by atoms with Gasteiger partial charge in [0.05, 0.1) is 6.04 Å². The Bertz CT molecular complexity index is 762. The lowest BCUT2D eigenvalue weighted by atomic mass is 10.0. The smallest absolute Gasteiger partial charge is 0.114 e. The molecule has 0 aliphatic heterocycles. The summed E-state index contributed by atoms with van der Waals surface area (Å²) in [5, 5.41) is 2.94. The highest BCUT2D eigenvalue weighted by Gasteiger charge is 2.20. The molecule has 20 heavy (non-hydrogen) atoms. The highest BCUT2D eigenvalue weighted by Crippen LogP contribution is 2.37. The van der Waals surface area contributed by atoms with Crippen molar-refractivity contribution >= 4 is 11.3 Å². The van der Waals surface area contributed by atoms with Gasteiger partial charge >= 0.3 is 0 Å². The van der Waals surface area contributed by atoms with Gasteiger partial charge in [-0.25, -0.2) is 4.98 Å². The van der Waals surface area contributed by atoms with Crippen LogP contribution in [0.15, 0.2) is 54.0 Å². The zero-order chi connectivity index (χ0) is 13.5. The third kappa shape index (κ3) is 1.79. The second-order valence-electron chi connectivity index (χ2n) is 5.10. The predicted molar refractivity (Wildman–Crippen MR) is 82.8 cm³/mol. The van der Waals surface area contributed by atoms with Crippen molar-refractivity contribution in [1.82, 2.24) is 4.98 Å². The van der Waals surface area contributed by atoms with Crippen LogP contribution in [-0.4, -0.2) is 4.98 Å². The maximum atomic E-state index is 6.31. The number of hydrogen-bond acceptors (Lipinski definition) is 3. The average molecular weight is 278 g/mol. The molecule has 2 N–H and O–H groups in total. The van der Waals surface area contributed by atoms with Crippen molar-refractivity contribution in [3.63, 3.8) is 0 Å². The van der Waals surface area contributed by atoms with Crippen LogP contribution in [0.2, 0.25) is 0 Å². The number of nitrogens with two attached hydrogens (primary N) is 1. The Labute approximate surface area is 121 Å². The molecule has 2 nitrogen and oxygen atoms in total. The van der Waals surface area contributed by atoms with Crippen LogP contribution in [-0.2, 0) is 6.42 Å². The number of rotatable bonds is 2. The third-order valence-electron chi connectivity index (χ3n) is 3.89. The lowest BCUT2D eigenvalue weighted by molar-refractivity contribution is 0.856. The minimum atomic E-state index is -0.121. The van der Waals surface area contributed by atoms with Gasteiger partial charge in [-0.3, -0.25) is 0 Å². The van der Waals surface area contributed by atoms with Crippen molar-refractivity contribution in [3.8, 4) is 11.1 Å². The van der Waals surface area contributed by atoms with E-state index in [0.29, 0.717) is 0 Å². The zero-order valence-electron chi connectivity index (χ0n) is 10.9. The molecule has 4 rings (SSSR count). The SMILES string of the molecule is NC(c1ccc2c(c1)Cc1ccccc1-2)c1nccs1. The molecule has 0 fully saturated rings. The molecule has 98 valence electrons. The molecule has 1 aromatic heterocycles. The molecule has 0 saturated heterocycles. The van der Waals surface area contributed by atoms with Gasteiger partial charge in [0.1, 0.15) is 5.01 Å². The first-order valence-electron chi connectivity index (χ1n) is 6.69. The molecule has 0 radical (unpaired) electrons. The summed E-state index contributed by atoms with van der Waals surface area (Å²) in [6.45, 7) is 0. The number of fused-ring (bicyclic) bond motifs is 3. The lowest BCUT2D eigenvalue weighted by Gasteiger charge is -2.11. The van der Waals surface area contributed by atoms with Gasteiger partial charge in [0, 0.05) is 11.6 Å². The van der Waals surface area contributed by atoms with Crippen LogP contribution in [0.5, 0.6) is 0 Å². The van der Waals surface area contributed by atoms with E-state index in [2.05, 4.69) is 47.4 Å². The van der Waals surface area contributed by atoms with Gasteiger partial charge in [0.15, 0.2) is 0 Å². The molecule has 1 aliphatic rings. The molecule has 0 bridgehead atoms. The Morgan fingerprint density at radius 3 is 2.75 bits per heavy atom. The van der Waals surface area contributed by atoms with E-state index in [4.69, 9.17) is 5.73 Å².